The Labute approximate surface area is 133 Å². The minimum Gasteiger partial charge on any atom is -0.479 e. The summed E-state index contributed by atoms with van der Waals surface area (Å²) in [5, 5.41) is 9.78. The number of ether oxygens (including phenoxy) is 1. The van der Waals surface area contributed by atoms with E-state index in [1.807, 2.05) is 11.8 Å². The first-order valence-corrected chi connectivity index (χ1v) is 8.46. The van der Waals surface area contributed by atoms with Crippen molar-refractivity contribution in [1.82, 2.24) is 4.90 Å². The molecule has 1 aliphatic carbocycles. The van der Waals surface area contributed by atoms with Crippen LogP contribution >= 0.6 is 0 Å². The predicted molar refractivity (Wildman–Crippen MR) is 87.3 cm³/mol. The molecule has 2 rings (SSSR count). The summed E-state index contributed by atoms with van der Waals surface area (Å²) in [7, 11) is 0. The highest BCUT2D eigenvalue weighted by molar-refractivity contribution is 5.84. The minimum atomic E-state index is -0.774. The van der Waals surface area contributed by atoms with E-state index in [9.17, 15) is 9.90 Å². The summed E-state index contributed by atoms with van der Waals surface area (Å²) in [5.41, 5.74) is 1.52. The quantitative estimate of drug-likeness (QED) is 0.741. The van der Waals surface area contributed by atoms with Crippen molar-refractivity contribution in [2.24, 2.45) is 11.8 Å². The largest absolute Gasteiger partial charge is 0.479 e. The maximum atomic E-state index is 11.9. The fourth-order valence-corrected chi connectivity index (χ4v) is 3.41. The van der Waals surface area contributed by atoms with Crippen molar-refractivity contribution in [3.63, 3.8) is 0 Å². The maximum absolute atomic E-state index is 11.9. The molecule has 124 valence electrons. The maximum Gasteiger partial charge on any atom is 0.329 e. The van der Waals surface area contributed by atoms with Crippen LogP contribution in [0, 0.1) is 11.8 Å². The molecule has 0 radical (unpaired) electrons. The zero-order valence-electron chi connectivity index (χ0n) is 14.4. The normalized spacial score (nSPS) is 31.1. The lowest BCUT2D eigenvalue weighted by Gasteiger charge is -2.50. The smallest absolute Gasteiger partial charge is 0.329 e. The molecule has 0 aromatic heterocycles. The molecule has 0 bridgehead atoms. The average molecular weight is 307 g/mol. The third kappa shape index (κ3) is 2.58. The number of hydrogen-bond acceptors (Lipinski definition) is 3. The van der Waals surface area contributed by atoms with E-state index in [2.05, 4.69) is 39.8 Å². The van der Waals surface area contributed by atoms with Crippen LogP contribution in [0.1, 0.15) is 53.9 Å². The summed E-state index contributed by atoms with van der Waals surface area (Å²) in [4.78, 5) is 13.9. The summed E-state index contributed by atoms with van der Waals surface area (Å²) < 4.78 is 6.02. The molecule has 22 heavy (non-hydrogen) atoms. The number of rotatable bonds is 8. The summed E-state index contributed by atoms with van der Waals surface area (Å²) in [6.07, 6.45) is 6.57. The highest BCUT2D eigenvalue weighted by atomic mass is 16.5. The van der Waals surface area contributed by atoms with Gasteiger partial charge in [0.15, 0.2) is 6.23 Å². The molecule has 1 aliphatic heterocycles. The topological polar surface area (TPSA) is 49.8 Å². The first-order chi connectivity index (χ1) is 10.4. The molecular weight excluding hydrogens is 278 g/mol. The second kappa shape index (κ2) is 6.45. The highest BCUT2D eigenvalue weighted by Crippen LogP contribution is 2.56. The van der Waals surface area contributed by atoms with Crippen molar-refractivity contribution in [2.45, 2.75) is 65.6 Å². The van der Waals surface area contributed by atoms with Crippen LogP contribution in [0.3, 0.4) is 0 Å². The molecule has 3 atom stereocenters. The van der Waals surface area contributed by atoms with Crippen LogP contribution in [-0.4, -0.2) is 34.3 Å². The molecule has 4 heteroatoms. The van der Waals surface area contributed by atoms with Gasteiger partial charge in [-0.1, -0.05) is 40.7 Å². The van der Waals surface area contributed by atoms with Crippen LogP contribution in [0.5, 0.6) is 0 Å². The van der Waals surface area contributed by atoms with Crippen LogP contribution in [-0.2, 0) is 9.53 Å². The highest BCUT2D eigenvalue weighted by Gasteiger charge is 2.67. The second-order valence-corrected chi connectivity index (χ2v) is 6.73. The van der Waals surface area contributed by atoms with Crippen molar-refractivity contribution in [3.05, 3.63) is 23.4 Å². The zero-order chi connectivity index (χ0) is 16.5. The molecule has 1 saturated carbocycles. The summed E-state index contributed by atoms with van der Waals surface area (Å²) in [6.45, 7) is 11.1. The zero-order valence-corrected chi connectivity index (χ0v) is 14.4. The molecule has 0 spiro atoms. The predicted octanol–water partition coefficient (Wildman–Crippen LogP) is 3.79. The summed E-state index contributed by atoms with van der Waals surface area (Å²) >= 11 is 0. The SMILES string of the molecule is CC/C=C\C1=C(C(C)C)C(OCCC)N1[C@@]1(C(=O)O)C[C@@H]1C. The van der Waals surface area contributed by atoms with Gasteiger partial charge in [0.1, 0.15) is 5.54 Å². The fraction of sp³-hybridized carbons (Fsp3) is 0.722. The van der Waals surface area contributed by atoms with Crippen LogP contribution in [0.4, 0.5) is 0 Å². The summed E-state index contributed by atoms with van der Waals surface area (Å²) in [6, 6.07) is 0. The molecular formula is C18H29NO3. The Kier molecular flexibility index (Phi) is 5.00. The molecule has 4 nitrogen and oxygen atoms in total. The Morgan fingerprint density at radius 1 is 1.50 bits per heavy atom. The van der Waals surface area contributed by atoms with Gasteiger partial charge in [0.25, 0.3) is 0 Å². The first-order valence-electron chi connectivity index (χ1n) is 8.46. The average Bonchev–Trinajstić information content (AvgIpc) is 3.09. The number of carboxylic acid groups (broad SMARTS) is 1. The van der Waals surface area contributed by atoms with Crippen molar-refractivity contribution in [2.75, 3.05) is 6.61 Å². The molecule has 0 aromatic carbocycles. The Bertz CT molecular complexity index is 495. The van der Waals surface area contributed by atoms with Gasteiger partial charge in [-0.15, -0.1) is 0 Å². The number of allylic oxidation sites excluding steroid dienone is 2. The van der Waals surface area contributed by atoms with Crippen molar-refractivity contribution < 1.29 is 14.6 Å². The number of nitrogens with zero attached hydrogens (tertiary/aromatic N) is 1. The number of carboxylic acids is 1. The fourth-order valence-electron chi connectivity index (χ4n) is 3.41. The van der Waals surface area contributed by atoms with Gasteiger partial charge in [0.2, 0.25) is 0 Å². The molecule has 0 amide bonds. The van der Waals surface area contributed by atoms with E-state index in [-0.39, 0.29) is 12.1 Å². The van der Waals surface area contributed by atoms with E-state index in [1.165, 1.54) is 5.57 Å². The van der Waals surface area contributed by atoms with Crippen LogP contribution in [0.2, 0.25) is 0 Å². The minimum absolute atomic E-state index is 0.163. The van der Waals surface area contributed by atoms with E-state index < -0.39 is 11.5 Å². The van der Waals surface area contributed by atoms with Gasteiger partial charge >= 0.3 is 5.97 Å². The van der Waals surface area contributed by atoms with Gasteiger partial charge in [-0.3, -0.25) is 0 Å². The van der Waals surface area contributed by atoms with E-state index in [4.69, 9.17) is 4.74 Å². The van der Waals surface area contributed by atoms with Gasteiger partial charge in [-0.05, 0) is 37.2 Å². The number of aliphatic carboxylic acids is 1. The van der Waals surface area contributed by atoms with Gasteiger partial charge in [-0.2, -0.15) is 0 Å². The van der Waals surface area contributed by atoms with E-state index in [1.54, 1.807) is 0 Å². The van der Waals surface area contributed by atoms with E-state index in [0.717, 1.165) is 18.5 Å². The molecule has 1 heterocycles. The first kappa shape index (κ1) is 17.1. The molecule has 0 aromatic rings. The Hall–Kier alpha value is -1.29. The van der Waals surface area contributed by atoms with Gasteiger partial charge < -0.3 is 14.7 Å². The Morgan fingerprint density at radius 3 is 2.55 bits per heavy atom. The van der Waals surface area contributed by atoms with Gasteiger partial charge in [0, 0.05) is 17.9 Å². The number of carbonyl (C=O) groups is 1. The lowest BCUT2D eigenvalue weighted by atomic mass is 9.87. The van der Waals surface area contributed by atoms with Crippen LogP contribution < -0.4 is 0 Å². The molecule has 1 fully saturated rings. The van der Waals surface area contributed by atoms with Gasteiger partial charge in [0.05, 0.1) is 0 Å². The van der Waals surface area contributed by atoms with Crippen LogP contribution in [0.15, 0.2) is 23.4 Å². The van der Waals surface area contributed by atoms with Crippen molar-refractivity contribution in [1.29, 1.82) is 0 Å². The van der Waals surface area contributed by atoms with Crippen LogP contribution in [0.25, 0.3) is 0 Å². The molecule has 1 unspecified atom stereocenters. The second-order valence-electron chi connectivity index (χ2n) is 6.73. The van der Waals surface area contributed by atoms with E-state index >= 15 is 0 Å². The third-order valence-corrected chi connectivity index (χ3v) is 4.74. The lowest BCUT2D eigenvalue weighted by molar-refractivity contribution is -0.154. The molecule has 2 aliphatic rings. The van der Waals surface area contributed by atoms with Crippen molar-refractivity contribution in [3.8, 4) is 0 Å². The number of hydrogen-bond donors (Lipinski definition) is 1. The van der Waals surface area contributed by atoms with Gasteiger partial charge in [-0.25, -0.2) is 4.79 Å². The monoisotopic (exact) mass is 307 g/mol. The Morgan fingerprint density at radius 2 is 2.14 bits per heavy atom. The van der Waals surface area contributed by atoms with Crippen molar-refractivity contribution >= 4 is 5.97 Å². The Balaban J connectivity index is 2.39. The standard InChI is InChI=1S/C18H29NO3/c1-6-8-9-14-15(12(3)4)16(22-10-7-2)19(14)18(17(20)21)11-13(18)5/h8-9,12-13,16H,6-7,10-11H2,1-5H3,(H,20,21)/b9-8-/t13-,16?,18-/m0/s1. The molecule has 1 N–H and O–H groups in total. The molecule has 0 saturated heterocycles. The summed E-state index contributed by atoms with van der Waals surface area (Å²) in [5.74, 6) is -0.207. The third-order valence-electron chi connectivity index (χ3n) is 4.74. The van der Waals surface area contributed by atoms with E-state index in [0.29, 0.717) is 18.9 Å². The lowest BCUT2D eigenvalue weighted by Crippen LogP contribution is -2.58.